The summed E-state index contributed by atoms with van der Waals surface area (Å²) < 4.78 is 1.99. The Morgan fingerprint density at radius 2 is 2.03 bits per heavy atom. The number of nitrogens with one attached hydrogen (secondary N) is 2. The first-order valence-corrected chi connectivity index (χ1v) is 12.4. The van der Waals surface area contributed by atoms with Crippen molar-refractivity contribution in [1.29, 1.82) is 0 Å². The molecule has 0 fully saturated rings. The topological polar surface area (TPSA) is 92.1 Å². The van der Waals surface area contributed by atoms with Crippen molar-refractivity contribution in [3.63, 3.8) is 0 Å². The van der Waals surface area contributed by atoms with Crippen molar-refractivity contribution in [3.8, 4) is 5.75 Å². The number of nitrogens with zero attached hydrogens (tertiary/aromatic N) is 3. The fourth-order valence-corrected chi connectivity index (χ4v) is 4.77. The van der Waals surface area contributed by atoms with Gasteiger partial charge >= 0.3 is 0 Å². The molecule has 184 valence electrons. The lowest BCUT2D eigenvalue weighted by atomic mass is 9.97. The molecule has 1 unspecified atom stereocenters. The third kappa shape index (κ3) is 5.25. The van der Waals surface area contributed by atoms with Crippen molar-refractivity contribution in [2.24, 2.45) is 5.92 Å². The van der Waals surface area contributed by atoms with Crippen molar-refractivity contribution in [1.82, 2.24) is 14.8 Å². The second-order valence-electron chi connectivity index (χ2n) is 9.65. The van der Waals surface area contributed by atoms with Crippen LogP contribution in [0, 0.1) is 12.8 Å². The van der Waals surface area contributed by atoms with Crippen LogP contribution in [0.2, 0.25) is 0 Å². The molecule has 7 heteroatoms. The van der Waals surface area contributed by atoms with Crippen LogP contribution in [-0.2, 0) is 19.4 Å². The van der Waals surface area contributed by atoms with E-state index in [0.29, 0.717) is 29.4 Å². The fourth-order valence-electron chi connectivity index (χ4n) is 4.77. The predicted molar refractivity (Wildman–Crippen MR) is 142 cm³/mol. The number of Topliss-reactive ketones (excluding diaryl/α,β-unsaturated/α-hetero) is 1. The number of carbonyl (C=O) groups excluding carboxylic acids is 1. The number of aromatic nitrogens is 3. The molecule has 0 saturated carbocycles. The lowest BCUT2D eigenvalue weighted by Crippen LogP contribution is -2.08. The summed E-state index contributed by atoms with van der Waals surface area (Å²) in [6, 6.07) is 15.2. The van der Waals surface area contributed by atoms with Gasteiger partial charge in [0.2, 0.25) is 0 Å². The monoisotopic (exact) mass is 481 g/mol. The van der Waals surface area contributed by atoms with Crippen LogP contribution in [-0.4, -0.2) is 25.7 Å². The van der Waals surface area contributed by atoms with Crippen molar-refractivity contribution < 1.29 is 9.90 Å². The first-order chi connectivity index (χ1) is 17.5. The highest BCUT2D eigenvalue weighted by atomic mass is 16.3. The first kappa shape index (κ1) is 23.6. The van der Waals surface area contributed by atoms with Gasteiger partial charge in [0.25, 0.3) is 0 Å². The van der Waals surface area contributed by atoms with E-state index in [9.17, 15) is 9.90 Å². The number of anilines is 4. The van der Waals surface area contributed by atoms with E-state index in [1.54, 1.807) is 24.4 Å². The van der Waals surface area contributed by atoms with E-state index in [-0.39, 0.29) is 11.5 Å². The Hall–Kier alpha value is -4.13. The molecule has 1 atom stereocenters. The minimum atomic E-state index is 0.00894. The number of pyridine rings is 1. The zero-order valence-electron chi connectivity index (χ0n) is 20.7. The minimum Gasteiger partial charge on any atom is -0.508 e. The molecular weight excluding hydrogens is 450 g/mol. The van der Waals surface area contributed by atoms with Crippen molar-refractivity contribution in [2.75, 3.05) is 10.6 Å². The van der Waals surface area contributed by atoms with Gasteiger partial charge in [-0.25, -0.2) is 4.98 Å². The van der Waals surface area contributed by atoms with E-state index in [0.717, 1.165) is 48.3 Å². The molecule has 0 spiro atoms. The number of fused-ring (bicyclic) bond motifs is 2. The molecule has 0 saturated heterocycles. The number of rotatable bonds is 8. The molecule has 36 heavy (non-hydrogen) atoms. The molecule has 2 aromatic carbocycles. The third-order valence-electron chi connectivity index (χ3n) is 6.71. The quantitative estimate of drug-likeness (QED) is 0.278. The number of aromatic hydroxyl groups is 1. The standard InChI is InChI=1S/C29H31N5O2/c1-19(18-34-14-4-12-31-34)5-3-6-21-8-10-24-22(15-21)16-27(36)28-25(11-13-30-29(28)33-24)32-26-17-23(35)9-7-20(26)2/h4,7-15,17,19,35H,3,5-6,16,18H2,1-2H3,(H2,30,32,33). The summed E-state index contributed by atoms with van der Waals surface area (Å²) in [5, 5.41) is 20.9. The lowest BCUT2D eigenvalue weighted by Gasteiger charge is -2.15. The number of hydrogen-bond acceptors (Lipinski definition) is 6. The smallest absolute Gasteiger partial charge is 0.173 e. The minimum absolute atomic E-state index is 0.00894. The van der Waals surface area contributed by atoms with Crippen molar-refractivity contribution in [3.05, 3.63) is 89.4 Å². The maximum absolute atomic E-state index is 13.4. The van der Waals surface area contributed by atoms with Gasteiger partial charge in [0, 0.05) is 49.0 Å². The van der Waals surface area contributed by atoms with Crippen LogP contribution in [0.4, 0.5) is 22.9 Å². The maximum Gasteiger partial charge on any atom is 0.173 e. The Morgan fingerprint density at radius 1 is 1.14 bits per heavy atom. The van der Waals surface area contributed by atoms with Crippen LogP contribution in [0.1, 0.15) is 46.8 Å². The molecule has 4 aromatic rings. The molecule has 7 nitrogen and oxygen atoms in total. The number of hydrogen-bond donors (Lipinski definition) is 3. The highest BCUT2D eigenvalue weighted by Gasteiger charge is 2.24. The summed E-state index contributed by atoms with van der Waals surface area (Å²) >= 11 is 0. The van der Waals surface area contributed by atoms with Gasteiger partial charge < -0.3 is 15.7 Å². The molecule has 0 radical (unpaired) electrons. The van der Waals surface area contributed by atoms with E-state index in [1.807, 2.05) is 36.1 Å². The van der Waals surface area contributed by atoms with Gasteiger partial charge in [-0.1, -0.05) is 25.1 Å². The number of phenolic OH excluding ortho intramolecular Hbond substituents is 1. The molecule has 3 heterocycles. The Morgan fingerprint density at radius 3 is 2.86 bits per heavy atom. The van der Waals surface area contributed by atoms with Crippen LogP contribution in [0.25, 0.3) is 0 Å². The number of ketones is 1. The molecule has 1 aliphatic rings. The molecule has 3 N–H and O–H groups in total. The average molecular weight is 482 g/mol. The normalized spacial score (nSPS) is 13.3. The SMILES string of the molecule is Cc1ccc(O)cc1Nc1ccnc2c1C(=O)Cc1cc(CCCC(C)Cn3cccn3)ccc1N2. The lowest BCUT2D eigenvalue weighted by molar-refractivity contribution is 0.0995. The van der Waals surface area contributed by atoms with Gasteiger partial charge in [0.1, 0.15) is 11.6 Å². The molecule has 1 aliphatic heterocycles. The van der Waals surface area contributed by atoms with Gasteiger partial charge in [-0.15, -0.1) is 0 Å². The molecular formula is C29H31N5O2. The summed E-state index contributed by atoms with van der Waals surface area (Å²) in [5.74, 6) is 1.27. The van der Waals surface area contributed by atoms with Crippen molar-refractivity contribution >= 4 is 28.7 Å². The maximum atomic E-state index is 13.4. The van der Waals surface area contributed by atoms with E-state index >= 15 is 0 Å². The first-order valence-electron chi connectivity index (χ1n) is 12.4. The predicted octanol–water partition coefficient (Wildman–Crippen LogP) is 6.18. The second kappa shape index (κ2) is 10.2. The van der Waals surface area contributed by atoms with Gasteiger partial charge in [-0.2, -0.15) is 5.10 Å². The summed E-state index contributed by atoms with van der Waals surface area (Å²) in [4.78, 5) is 17.9. The van der Waals surface area contributed by atoms with Crippen LogP contribution in [0.5, 0.6) is 5.75 Å². The zero-order valence-corrected chi connectivity index (χ0v) is 20.7. The van der Waals surface area contributed by atoms with Gasteiger partial charge in [-0.3, -0.25) is 9.48 Å². The largest absolute Gasteiger partial charge is 0.508 e. The molecule has 5 rings (SSSR count). The Balaban J connectivity index is 1.29. The molecule has 0 aliphatic carbocycles. The van der Waals surface area contributed by atoms with E-state index < -0.39 is 0 Å². The number of benzene rings is 2. The molecule has 0 bridgehead atoms. The summed E-state index contributed by atoms with van der Waals surface area (Å²) in [6.07, 6.45) is 8.99. The average Bonchev–Trinajstić information content (AvgIpc) is 3.30. The Labute approximate surface area is 211 Å². The van der Waals surface area contributed by atoms with Crippen molar-refractivity contribution in [2.45, 2.75) is 46.1 Å². The summed E-state index contributed by atoms with van der Waals surface area (Å²) in [6.45, 7) is 5.14. The third-order valence-corrected chi connectivity index (χ3v) is 6.71. The number of aryl methyl sites for hydroxylation is 2. The van der Waals surface area contributed by atoms with E-state index in [2.05, 4.69) is 45.8 Å². The van der Waals surface area contributed by atoms with Crippen LogP contribution in [0.3, 0.4) is 0 Å². The number of carbonyl (C=O) groups is 1. The van der Waals surface area contributed by atoms with Crippen LogP contribution < -0.4 is 10.6 Å². The summed E-state index contributed by atoms with van der Waals surface area (Å²) in [7, 11) is 0. The van der Waals surface area contributed by atoms with Gasteiger partial charge in [0.05, 0.1) is 11.3 Å². The molecule has 2 aromatic heterocycles. The van der Waals surface area contributed by atoms with E-state index in [4.69, 9.17) is 0 Å². The van der Waals surface area contributed by atoms with Gasteiger partial charge in [-0.05, 0) is 73.1 Å². The van der Waals surface area contributed by atoms with Crippen LogP contribution in [0.15, 0.2) is 67.1 Å². The Kier molecular flexibility index (Phi) is 6.71. The fraction of sp³-hybridized carbons (Fsp3) is 0.276. The highest BCUT2D eigenvalue weighted by molar-refractivity contribution is 6.09. The van der Waals surface area contributed by atoms with E-state index in [1.165, 1.54) is 5.56 Å². The Bertz CT molecular complexity index is 1380. The summed E-state index contributed by atoms with van der Waals surface area (Å²) in [5.41, 5.74) is 6.06. The van der Waals surface area contributed by atoms with Crippen LogP contribution >= 0.6 is 0 Å². The zero-order chi connectivity index (χ0) is 25.1. The molecule has 0 amide bonds. The number of phenols is 1. The highest BCUT2D eigenvalue weighted by Crippen LogP contribution is 2.35. The van der Waals surface area contributed by atoms with Gasteiger partial charge in [0.15, 0.2) is 5.78 Å². The second-order valence-corrected chi connectivity index (χ2v) is 9.65.